The van der Waals surface area contributed by atoms with Crippen molar-refractivity contribution >= 4 is 0 Å². The lowest BCUT2D eigenvalue weighted by Gasteiger charge is -2.11. The van der Waals surface area contributed by atoms with E-state index < -0.39 is 0 Å². The molecule has 0 aromatic carbocycles. The fourth-order valence-electron chi connectivity index (χ4n) is 1.36. The van der Waals surface area contributed by atoms with Gasteiger partial charge >= 0.3 is 0 Å². The molecule has 1 aliphatic rings. The topological polar surface area (TPSA) is 31.4 Å². The molecule has 3 nitrogen and oxygen atoms in total. The highest BCUT2D eigenvalue weighted by Crippen LogP contribution is 2.28. The number of aromatic nitrogens is 1. The lowest BCUT2D eigenvalue weighted by atomic mass is 10.3. The Kier molecular flexibility index (Phi) is 2.80. The smallest absolute Gasteiger partial charge is 0.217 e. The second kappa shape index (κ2) is 4.09. The van der Waals surface area contributed by atoms with E-state index in [4.69, 9.17) is 9.47 Å². The van der Waals surface area contributed by atoms with Crippen molar-refractivity contribution in [3.05, 3.63) is 17.8 Å². The first-order valence-corrected chi connectivity index (χ1v) is 5.45. The van der Waals surface area contributed by atoms with Gasteiger partial charge in [-0.2, -0.15) is 0 Å². The Morgan fingerprint density at radius 1 is 1.33 bits per heavy atom. The monoisotopic (exact) mass is 207 g/mol. The van der Waals surface area contributed by atoms with Crippen LogP contribution in [0.4, 0.5) is 0 Å². The third-order valence-corrected chi connectivity index (χ3v) is 2.09. The quantitative estimate of drug-likeness (QED) is 0.760. The average molecular weight is 207 g/mol. The molecule has 0 unspecified atom stereocenters. The molecule has 0 saturated heterocycles. The van der Waals surface area contributed by atoms with Crippen LogP contribution < -0.4 is 9.47 Å². The zero-order chi connectivity index (χ0) is 10.8. The number of rotatable bonds is 4. The van der Waals surface area contributed by atoms with E-state index in [1.165, 1.54) is 12.8 Å². The molecule has 0 spiro atoms. The predicted molar refractivity (Wildman–Crippen MR) is 58.4 cm³/mol. The number of aryl methyl sites for hydroxylation is 1. The highest BCUT2D eigenvalue weighted by Gasteiger charge is 2.23. The molecule has 0 bridgehead atoms. The van der Waals surface area contributed by atoms with E-state index >= 15 is 0 Å². The zero-order valence-electron chi connectivity index (χ0n) is 9.49. The second-order valence-electron chi connectivity index (χ2n) is 4.27. The highest BCUT2D eigenvalue weighted by molar-refractivity contribution is 5.30. The van der Waals surface area contributed by atoms with Crippen molar-refractivity contribution in [2.75, 3.05) is 0 Å². The van der Waals surface area contributed by atoms with Gasteiger partial charge in [0.15, 0.2) is 0 Å². The third-order valence-electron chi connectivity index (χ3n) is 2.09. The van der Waals surface area contributed by atoms with Crippen LogP contribution >= 0.6 is 0 Å². The lowest BCUT2D eigenvalue weighted by Crippen LogP contribution is -2.08. The number of hydrogen-bond donors (Lipinski definition) is 0. The summed E-state index contributed by atoms with van der Waals surface area (Å²) in [6, 6.07) is 3.82. The Morgan fingerprint density at radius 2 is 2.07 bits per heavy atom. The molecule has 1 aromatic heterocycles. The summed E-state index contributed by atoms with van der Waals surface area (Å²) < 4.78 is 11.3. The summed E-state index contributed by atoms with van der Waals surface area (Å²) in [5.74, 6) is 1.53. The normalized spacial score (nSPS) is 15.5. The van der Waals surface area contributed by atoms with Gasteiger partial charge in [-0.25, -0.2) is 4.98 Å². The summed E-state index contributed by atoms with van der Waals surface area (Å²) in [7, 11) is 0. The van der Waals surface area contributed by atoms with E-state index in [1.54, 1.807) is 0 Å². The first-order chi connectivity index (χ1) is 7.13. The molecule has 0 N–H and O–H groups in total. The summed E-state index contributed by atoms with van der Waals surface area (Å²) in [5, 5.41) is 0. The van der Waals surface area contributed by atoms with Crippen LogP contribution in [0.3, 0.4) is 0 Å². The van der Waals surface area contributed by atoms with Crippen molar-refractivity contribution in [2.45, 2.75) is 45.8 Å². The Morgan fingerprint density at radius 3 is 2.67 bits per heavy atom. The van der Waals surface area contributed by atoms with E-state index in [-0.39, 0.29) is 6.10 Å². The Bertz CT molecular complexity index is 323. The van der Waals surface area contributed by atoms with E-state index in [0.717, 1.165) is 11.4 Å². The summed E-state index contributed by atoms with van der Waals surface area (Å²) >= 11 is 0. The van der Waals surface area contributed by atoms with Crippen LogP contribution in [0, 0.1) is 6.92 Å². The van der Waals surface area contributed by atoms with Crippen molar-refractivity contribution in [1.82, 2.24) is 4.98 Å². The van der Waals surface area contributed by atoms with Crippen LogP contribution in [-0.2, 0) is 0 Å². The zero-order valence-corrected chi connectivity index (χ0v) is 9.49. The minimum atomic E-state index is 0.146. The Labute approximate surface area is 90.4 Å². The molecule has 1 saturated carbocycles. The molecule has 2 rings (SSSR count). The summed E-state index contributed by atoms with van der Waals surface area (Å²) in [6.07, 6.45) is 2.90. The van der Waals surface area contributed by atoms with Gasteiger partial charge in [0.1, 0.15) is 5.75 Å². The van der Waals surface area contributed by atoms with Crippen LogP contribution in [0.15, 0.2) is 12.1 Å². The molecule has 1 heterocycles. The average Bonchev–Trinajstić information content (AvgIpc) is 2.85. The summed E-state index contributed by atoms with van der Waals surface area (Å²) in [6.45, 7) is 5.93. The maximum Gasteiger partial charge on any atom is 0.217 e. The largest absolute Gasteiger partial charge is 0.490 e. The van der Waals surface area contributed by atoms with E-state index in [2.05, 4.69) is 4.98 Å². The van der Waals surface area contributed by atoms with Crippen LogP contribution in [-0.4, -0.2) is 17.2 Å². The SMILES string of the molecule is Cc1cc(OC2CC2)cc(OC(C)C)n1. The molecule has 0 atom stereocenters. The molecule has 0 radical (unpaired) electrons. The van der Waals surface area contributed by atoms with Gasteiger partial charge in [-0.1, -0.05) is 0 Å². The van der Waals surface area contributed by atoms with Crippen LogP contribution in [0.25, 0.3) is 0 Å². The van der Waals surface area contributed by atoms with E-state index in [1.807, 2.05) is 32.9 Å². The fraction of sp³-hybridized carbons (Fsp3) is 0.583. The molecule has 1 aromatic rings. The second-order valence-corrected chi connectivity index (χ2v) is 4.27. The van der Waals surface area contributed by atoms with Gasteiger partial charge in [0.2, 0.25) is 5.88 Å². The first kappa shape index (κ1) is 10.3. The number of hydrogen-bond acceptors (Lipinski definition) is 3. The van der Waals surface area contributed by atoms with Gasteiger partial charge in [0.25, 0.3) is 0 Å². The molecule has 0 aliphatic heterocycles. The van der Waals surface area contributed by atoms with E-state index in [0.29, 0.717) is 12.0 Å². The molecule has 0 amide bonds. The molecular weight excluding hydrogens is 190 g/mol. The van der Waals surface area contributed by atoms with Gasteiger partial charge < -0.3 is 9.47 Å². The maximum absolute atomic E-state index is 5.71. The van der Waals surface area contributed by atoms with Gasteiger partial charge in [-0.05, 0) is 33.6 Å². The minimum Gasteiger partial charge on any atom is -0.490 e. The van der Waals surface area contributed by atoms with Crippen molar-refractivity contribution in [1.29, 1.82) is 0 Å². The van der Waals surface area contributed by atoms with Crippen LogP contribution in [0.1, 0.15) is 32.4 Å². The number of nitrogens with zero attached hydrogens (tertiary/aromatic N) is 1. The fourth-order valence-corrected chi connectivity index (χ4v) is 1.36. The van der Waals surface area contributed by atoms with Crippen LogP contribution in [0.2, 0.25) is 0 Å². The van der Waals surface area contributed by atoms with Gasteiger partial charge in [-0.3, -0.25) is 0 Å². The summed E-state index contributed by atoms with van der Waals surface area (Å²) in [4.78, 5) is 4.30. The minimum absolute atomic E-state index is 0.146. The lowest BCUT2D eigenvalue weighted by molar-refractivity contribution is 0.229. The van der Waals surface area contributed by atoms with Crippen molar-refractivity contribution in [3.8, 4) is 11.6 Å². The van der Waals surface area contributed by atoms with Crippen molar-refractivity contribution in [3.63, 3.8) is 0 Å². The molecular formula is C12H17NO2. The standard InChI is InChI=1S/C12H17NO2/c1-8(2)14-12-7-11(6-9(3)13-12)15-10-4-5-10/h6-8,10H,4-5H2,1-3H3. The summed E-state index contributed by atoms with van der Waals surface area (Å²) in [5.41, 5.74) is 0.934. The van der Waals surface area contributed by atoms with Crippen LogP contribution in [0.5, 0.6) is 11.6 Å². The van der Waals surface area contributed by atoms with Gasteiger partial charge in [0, 0.05) is 17.8 Å². The van der Waals surface area contributed by atoms with Crippen molar-refractivity contribution in [2.24, 2.45) is 0 Å². The first-order valence-electron chi connectivity index (χ1n) is 5.45. The van der Waals surface area contributed by atoms with Gasteiger partial charge in [-0.15, -0.1) is 0 Å². The molecule has 15 heavy (non-hydrogen) atoms. The predicted octanol–water partition coefficient (Wildman–Crippen LogP) is 2.72. The molecule has 1 fully saturated rings. The Hall–Kier alpha value is -1.25. The Balaban J connectivity index is 2.11. The van der Waals surface area contributed by atoms with Gasteiger partial charge in [0.05, 0.1) is 12.2 Å². The molecule has 82 valence electrons. The molecule has 1 aliphatic carbocycles. The van der Waals surface area contributed by atoms with Crippen molar-refractivity contribution < 1.29 is 9.47 Å². The number of pyridine rings is 1. The molecule has 3 heteroatoms. The third kappa shape index (κ3) is 3.11. The van der Waals surface area contributed by atoms with E-state index in [9.17, 15) is 0 Å². The number of ether oxygens (including phenoxy) is 2. The maximum atomic E-state index is 5.71. The highest BCUT2D eigenvalue weighted by atomic mass is 16.5.